The van der Waals surface area contributed by atoms with Gasteiger partial charge in [0.25, 0.3) is 5.91 Å². The fourth-order valence-electron chi connectivity index (χ4n) is 1.07. The van der Waals surface area contributed by atoms with Gasteiger partial charge in [-0.15, -0.1) is 6.58 Å². The maximum absolute atomic E-state index is 11.7. The van der Waals surface area contributed by atoms with Crippen molar-refractivity contribution in [3.05, 3.63) is 48.6 Å². The van der Waals surface area contributed by atoms with Crippen molar-refractivity contribution >= 4 is 5.91 Å². The summed E-state index contributed by atoms with van der Waals surface area (Å²) in [5.41, 5.74) is 0.627. The van der Waals surface area contributed by atoms with Gasteiger partial charge in [0.15, 0.2) is 0 Å². The van der Waals surface area contributed by atoms with E-state index in [9.17, 15) is 4.79 Å². The zero-order valence-electron chi connectivity index (χ0n) is 9.29. The SMILES string of the molecule is C=CC(C)(C)CNC(=O)c1ccccc1. The van der Waals surface area contributed by atoms with Gasteiger partial charge in [-0.1, -0.05) is 38.1 Å². The van der Waals surface area contributed by atoms with Gasteiger partial charge in [0, 0.05) is 12.1 Å². The van der Waals surface area contributed by atoms with Crippen molar-refractivity contribution in [2.75, 3.05) is 6.54 Å². The lowest BCUT2D eigenvalue weighted by molar-refractivity contribution is 0.0943. The van der Waals surface area contributed by atoms with Gasteiger partial charge >= 0.3 is 0 Å². The Labute approximate surface area is 91.0 Å². The van der Waals surface area contributed by atoms with Gasteiger partial charge in [-0.25, -0.2) is 0 Å². The van der Waals surface area contributed by atoms with Crippen LogP contribution in [0.3, 0.4) is 0 Å². The van der Waals surface area contributed by atoms with Crippen molar-refractivity contribution in [3.8, 4) is 0 Å². The van der Waals surface area contributed by atoms with Crippen molar-refractivity contribution in [3.63, 3.8) is 0 Å². The minimum atomic E-state index is -0.0650. The molecule has 0 fully saturated rings. The van der Waals surface area contributed by atoms with E-state index in [0.717, 1.165) is 0 Å². The number of hydrogen-bond donors (Lipinski definition) is 1. The molecule has 15 heavy (non-hydrogen) atoms. The summed E-state index contributed by atoms with van der Waals surface area (Å²) in [4.78, 5) is 11.7. The molecule has 1 N–H and O–H groups in total. The van der Waals surface area contributed by atoms with Crippen molar-refractivity contribution in [1.29, 1.82) is 0 Å². The number of carbonyl (C=O) groups is 1. The number of carbonyl (C=O) groups excluding carboxylic acids is 1. The van der Waals surface area contributed by atoms with E-state index in [4.69, 9.17) is 0 Å². The molecule has 2 nitrogen and oxygen atoms in total. The van der Waals surface area contributed by atoms with Crippen LogP contribution in [0.5, 0.6) is 0 Å². The van der Waals surface area contributed by atoms with Crippen LogP contribution in [0.25, 0.3) is 0 Å². The van der Waals surface area contributed by atoms with Crippen LogP contribution in [-0.2, 0) is 0 Å². The highest BCUT2D eigenvalue weighted by molar-refractivity contribution is 5.94. The molecule has 0 saturated heterocycles. The lowest BCUT2D eigenvalue weighted by Crippen LogP contribution is -2.32. The quantitative estimate of drug-likeness (QED) is 0.749. The summed E-state index contributed by atoms with van der Waals surface area (Å²) in [6, 6.07) is 9.21. The molecule has 0 aliphatic heterocycles. The average Bonchev–Trinajstić information content (AvgIpc) is 2.27. The minimum absolute atomic E-state index is 0.0366. The second-order valence-electron chi connectivity index (χ2n) is 4.24. The van der Waals surface area contributed by atoms with Gasteiger partial charge in [0.2, 0.25) is 0 Å². The molecular formula is C13H17NO. The van der Waals surface area contributed by atoms with Crippen LogP contribution >= 0.6 is 0 Å². The van der Waals surface area contributed by atoms with Gasteiger partial charge in [-0.05, 0) is 17.5 Å². The third-order valence-corrected chi connectivity index (χ3v) is 2.29. The molecule has 0 saturated carbocycles. The predicted molar refractivity (Wildman–Crippen MR) is 62.8 cm³/mol. The molecule has 0 unspecified atom stereocenters. The van der Waals surface area contributed by atoms with E-state index in [1.165, 1.54) is 0 Å². The highest BCUT2D eigenvalue weighted by Crippen LogP contribution is 2.14. The van der Waals surface area contributed by atoms with Crippen LogP contribution in [0.4, 0.5) is 0 Å². The van der Waals surface area contributed by atoms with E-state index in [0.29, 0.717) is 12.1 Å². The topological polar surface area (TPSA) is 29.1 Å². The van der Waals surface area contributed by atoms with Gasteiger partial charge < -0.3 is 5.32 Å². The van der Waals surface area contributed by atoms with E-state index in [1.807, 2.05) is 38.1 Å². The monoisotopic (exact) mass is 203 g/mol. The first-order valence-electron chi connectivity index (χ1n) is 5.02. The normalized spacial score (nSPS) is 10.8. The highest BCUT2D eigenvalue weighted by atomic mass is 16.1. The van der Waals surface area contributed by atoms with E-state index >= 15 is 0 Å². The van der Waals surface area contributed by atoms with Crippen LogP contribution in [0.2, 0.25) is 0 Å². The van der Waals surface area contributed by atoms with Gasteiger partial charge in [0.05, 0.1) is 0 Å². The van der Waals surface area contributed by atoms with Crippen molar-refractivity contribution in [2.24, 2.45) is 5.41 Å². The summed E-state index contributed by atoms with van der Waals surface area (Å²) in [5.74, 6) is -0.0366. The highest BCUT2D eigenvalue weighted by Gasteiger charge is 2.14. The third kappa shape index (κ3) is 3.58. The molecule has 0 heterocycles. The van der Waals surface area contributed by atoms with E-state index in [2.05, 4.69) is 11.9 Å². The van der Waals surface area contributed by atoms with Crippen molar-refractivity contribution in [2.45, 2.75) is 13.8 Å². The number of amides is 1. The summed E-state index contributed by atoms with van der Waals surface area (Å²) in [5, 5.41) is 2.88. The second kappa shape index (κ2) is 4.78. The Morgan fingerprint density at radius 3 is 2.53 bits per heavy atom. The summed E-state index contributed by atoms with van der Waals surface area (Å²) >= 11 is 0. The molecule has 1 aromatic carbocycles. The summed E-state index contributed by atoms with van der Waals surface area (Å²) in [6.07, 6.45) is 1.85. The smallest absolute Gasteiger partial charge is 0.251 e. The van der Waals surface area contributed by atoms with Gasteiger partial charge in [-0.2, -0.15) is 0 Å². The molecule has 0 spiro atoms. The number of nitrogens with one attached hydrogen (secondary N) is 1. The zero-order chi connectivity index (χ0) is 11.3. The third-order valence-electron chi connectivity index (χ3n) is 2.29. The maximum atomic E-state index is 11.7. The fraction of sp³-hybridized carbons (Fsp3) is 0.308. The van der Waals surface area contributed by atoms with Crippen molar-refractivity contribution in [1.82, 2.24) is 5.32 Å². The molecular weight excluding hydrogens is 186 g/mol. The van der Waals surface area contributed by atoms with Crippen molar-refractivity contribution < 1.29 is 4.79 Å². The molecule has 80 valence electrons. The molecule has 0 atom stereocenters. The standard InChI is InChI=1S/C13H17NO/c1-4-13(2,3)10-14-12(15)11-8-6-5-7-9-11/h4-9H,1,10H2,2-3H3,(H,14,15). The van der Waals surface area contributed by atoms with Crippen LogP contribution in [0.1, 0.15) is 24.2 Å². The molecule has 2 heteroatoms. The lowest BCUT2D eigenvalue weighted by Gasteiger charge is -2.19. The Kier molecular flexibility index (Phi) is 3.67. The average molecular weight is 203 g/mol. The van der Waals surface area contributed by atoms with Crippen LogP contribution < -0.4 is 5.32 Å². The Balaban J connectivity index is 2.55. The first-order chi connectivity index (χ1) is 7.05. The molecule has 1 rings (SSSR count). The largest absolute Gasteiger partial charge is 0.351 e. The Morgan fingerprint density at radius 2 is 2.00 bits per heavy atom. The lowest BCUT2D eigenvalue weighted by atomic mass is 9.94. The van der Waals surface area contributed by atoms with Gasteiger partial charge in [0.1, 0.15) is 0 Å². The first kappa shape index (κ1) is 11.5. The van der Waals surface area contributed by atoms with Crippen LogP contribution in [0, 0.1) is 5.41 Å². The molecule has 0 aliphatic rings. The molecule has 0 bridgehead atoms. The first-order valence-corrected chi connectivity index (χ1v) is 5.02. The molecule has 1 amide bonds. The maximum Gasteiger partial charge on any atom is 0.251 e. The summed E-state index contributed by atoms with van der Waals surface area (Å²) in [7, 11) is 0. The van der Waals surface area contributed by atoms with Crippen LogP contribution in [-0.4, -0.2) is 12.5 Å². The molecule has 1 aromatic rings. The minimum Gasteiger partial charge on any atom is -0.351 e. The molecule has 0 radical (unpaired) electrons. The number of rotatable bonds is 4. The summed E-state index contributed by atoms with van der Waals surface area (Å²) < 4.78 is 0. The number of hydrogen-bond acceptors (Lipinski definition) is 1. The van der Waals surface area contributed by atoms with E-state index < -0.39 is 0 Å². The fourth-order valence-corrected chi connectivity index (χ4v) is 1.07. The van der Waals surface area contributed by atoms with E-state index in [-0.39, 0.29) is 11.3 Å². The van der Waals surface area contributed by atoms with Gasteiger partial charge in [-0.3, -0.25) is 4.79 Å². The second-order valence-corrected chi connectivity index (χ2v) is 4.24. The molecule has 0 aromatic heterocycles. The summed E-state index contributed by atoms with van der Waals surface area (Å²) in [6.45, 7) is 8.40. The Hall–Kier alpha value is -1.57. The Morgan fingerprint density at radius 1 is 1.40 bits per heavy atom. The van der Waals surface area contributed by atoms with E-state index in [1.54, 1.807) is 12.1 Å². The number of benzene rings is 1. The Bertz CT molecular complexity index is 341. The molecule has 0 aliphatic carbocycles. The van der Waals surface area contributed by atoms with Crippen LogP contribution in [0.15, 0.2) is 43.0 Å². The zero-order valence-corrected chi connectivity index (χ0v) is 9.29. The predicted octanol–water partition coefficient (Wildman–Crippen LogP) is 2.63.